The number of methoxy groups -OCH3 is 1. The Kier molecular flexibility index (Phi) is 6.32. The van der Waals surface area contributed by atoms with E-state index in [9.17, 15) is 4.79 Å². The fourth-order valence-corrected chi connectivity index (χ4v) is 1.58. The third kappa shape index (κ3) is 5.28. The van der Waals surface area contributed by atoms with Gasteiger partial charge in [-0.3, -0.25) is 4.79 Å². The van der Waals surface area contributed by atoms with Gasteiger partial charge in [-0.05, 0) is 19.1 Å². The fraction of sp³-hybridized carbons (Fsp3) is 0.500. The third-order valence-electron chi connectivity index (χ3n) is 2.76. The average molecular weight is 266 g/mol. The Hall–Kier alpha value is -1.59. The minimum absolute atomic E-state index is 0.144. The molecule has 1 atom stereocenters. The van der Waals surface area contributed by atoms with E-state index in [4.69, 9.17) is 15.2 Å². The summed E-state index contributed by atoms with van der Waals surface area (Å²) in [5.41, 5.74) is 6.86. The Morgan fingerprint density at radius 3 is 2.58 bits per heavy atom. The molecule has 0 heterocycles. The molecule has 0 aromatic heterocycles. The van der Waals surface area contributed by atoms with Gasteiger partial charge < -0.3 is 20.1 Å². The van der Waals surface area contributed by atoms with Crippen molar-refractivity contribution in [2.45, 2.75) is 13.0 Å². The first-order valence-electron chi connectivity index (χ1n) is 6.23. The first-order valence-corrected chi connectivity index (χ1v) is 6.23. The van der Waals surface area contributed by atoms with Gasteiger partial charge in [-0.15, -0.1) is 0 Å². The second-order valence-corrected chi connectivity index (χ2v) is 4.48. The van der Waals surface area contributed by atoms with E-state index in [1.54, 1.807) is 11.9 Å². The predicted octanol–water partition coefficient (Wildman–Crippen LogP) is 0.806. The summed E-state index contributed by atoms with van der Waals surface area (Å²) in [6.45, 7) is 3.17. The van der Waals surface area contributed by atoms with E-state index >= 15 is 0 Å². The quantitative estimate of drug-likeness (QED) is 0.793. The van der Waals surface area contributed by atoms with E-state index in [1.807, 2.05) is 31.2 Å². The number of amides is 1. The normalized spacial score (nSPS) is 12.0. The first kappa shape index (κ1) is 15.5. The van der Waals surface area contributed by atoms with Gasteiger partial charge in [0, 0.05) is 14.2 Å². The van der Waals surface area contributed by atoms with Crippen LogP contribution in [-0.4, -0.2) is 50.8 Å². The Bertz CT molecular complexity index is 392. The van der Waals surface area contributed by atoms with E-state index in [-0.39, 0.29) is 12.5 Å². The highest BCUT2D eigenvalue weighted by molar-refractivity contribution is 5.81. The van der Waals surface area contributed by atoms with Gasteiger partial charge in [-0.25, -0.2) is 0 Å². The van der Waals surface area contributed by atoms with Crippen LogP contribution in [0.4, 0.5) is 0 Å². The largest absolute Gasteiger partial charge is 0.492 e. The van der Waals surface area contributed by atoms with Crippen molar-refractivity contribution >= 4 is 5.91 Å². The predicted molar refractivity (Wildman–Crippen MR) is 74.2 cm³/mol. The lowest BCUT2D eigenvalue weighted by atomic mass is 10.2. The summed E-state index contributed by atoms with van der Waals surface area (Å²) in [7, 11) is 3.23. The molecule has 5 nitrogen and oxygen atoms in total. The lowest BCUT2D eigenvalue weighted by Gasteiger charge is -2.21. The van der Waals surface area contributed by atoms with Crippen molar-refractivity contribution in [3.8, 4) is 5.75 Å². The molecule has 19 heavy (non-hydrogen) atoms. The highest BCUT2D eigenvalue weighted by Crippen LogP contribution is 2.11. The van der Waals surface area contributed by atoms with Gasteiger partial charge in [-0.1, -0.05) is 17.7 Å². The van der Waals surface area contributed by atoms with Crippen molar-refractivity contribution in [1.82, 2.24) is 4.90 Å². The molecule has 1 aromatic carbocycles. The van der Waals surface area contributed by atoms with Gasteiger partial charge in [0.2, 0.25) is 5.91 Å². The molecular formula is C14H22N2O3. The minimum atomic E-state index is -0.616. The summed E-state index contributed by atoms with van der Waals surface area (Å²) >= 11 is 0. The van der Waals surface area contributed by atoms with Crippen molar-refractivity contribution in [3.63, 3.8) is 0 Å². The number of aryl methyl sites for hydroxylation is 1. The lowest BCUT2D eigenvalue weighted by Crippen LogP contribution is -2.45. The summed E-state index contributed by atoms with van der Waals surface area (Å²) in [4.78, 5) is 13.3. The molecule has 1 aromatic rings. The van der Waals surface area contributed by atoms with Crippen molar-refractivity contribution < 1.29 is 14.3 Å². The number of nitrogens with two attached hydrogens (primary N) is 1. The number of hydrogen-bond donors (Lipinski definition) is 1. The molecule has 1 unspecified atom stereocenters. The number of nitrogens with zero attached hydrogens (tertiary/aromatic N) is 1. The maximum atomic E-state index is 11.8. The van der Waals surface area contributed by atoms with Gasteiger partial charge in [0.1, 0.15) is 18.4 Å². The standard InChI is InChI=1S/C14H22N2O3/c1-11-4-6-12(7-5-11)19-9-8-16(2)14(17)13(15)10-18-3/h4-7,13H,8-10,15H2,1-3H3. The molecule has 0 bridgehead atoms. The van der Waals surface area contributed by atoms with E-state index < -0.39 is 6.04 Å². The van der Waals surface area contributed by atoms with Crippen LogP contribution in [0.1, 0.15) is 5.56 Å². The summed E-state index contributed by atoms with van der Waals surface area (Å²) in [6.07, 6.45) is 0. The second-order valence-electron chi connectivity index (χ2n) is 4.48. The molecule has 2 N–H and O–H groups in total. The molecular weight excluding hydrogens is 244 g/mol. The molecule has 0 spiro atoms. The van der Waals surface area contributed by atoms with Crippen LogP contribution in [0, 0.1) is 6.92 Å². The molecule has 0 fully saturated rings. The molecule has 1 rings (SSSR count). The summed E-state index contributed by atoms with van der Waals surface area (Å²) in [5.74, 6) is 0.655. The number of rotatable bonds is 7. The maximum absolute atomic E-state index is 11.8. The van der Waals surface area contributed by atoms with E-state index in [0.717, 1.165) is 5.75 Å². The number of ether oxygens (including phenoxy) is 2. The zero-order valence-electron chi connectivity index (χ0n) is 11.8. The zero-order valence-corrected chi connectivity index (χ0v) is 11.8. The van der Waals surface area contributed by atoms with E-state index in [1.165, 1.54) is 12.7 Å². The van der Waals surface area contributed by atoms with Crippen LogP contribution in [-0.2, 0) is 9.53 Å². The van der Waals surface area contributed by atoms with Crippen LogP contribution in [0.5, 0.6) is 5.75 Å². The van der Waals surface area contributed by atoms with Gasteiger partial charge in [0.05, 0.1) is 13.2 Å². The van der Waals surface area contributed by atoms with Crippen LogP contribution in [0.3, 0.4) is 0 Å². The number of likely N-dealkylation sites (N-methyl/N-ethyl adjacent to an activating group) is 1. The number of benzene rings is 1. The molecule has 1 amide bonds. The molecule has 0 saturated carbocycles. The molecule has 0 saturated heterocycles. The Balaban J connectivity index is 2.32. The molecule has 106 valence electrons. The van der Waals surface area contributed by atoms with Crippen molar-refractivity contribution in [2.24, 2.45) is 5.73 Å². The van der Waals surface area contributed by atoms with Crippen molar-refractivity contribution in [2.75, 3.05) is 33.9 Å². The van der Waals surface area contributed by atoms with Crippen molar-refractivity contribution in [1.29, 1.82) is 0 Å². The maximum Gasteiger partial charge on any atom is 0.241 e. The van der Waals surface area contributed by atoms with Crippen LogP contribution < -0.4 is 10.5 Å². The molecule has 0 aliphatic rings. The lowest BCUT2D eigenvalue weighted by molar-refractivity contribution is -0.132. The SMILES string of the molecule is COCC(N)C(=O)N(C)CCOc1ccc(C)cc1. The number of hydrogen-bond acceptors (Lipinski definition) is 4. The van der Waals surface area contributed by atoms with E-state index in [2.05, 4.69) is 0 Å². The van der Waals surface area contributed by atoms with E-state index in [0.29, 0.717) is 13.2 Å². The zero-order chi connectivity index (χ0) is 14.3. The molecule has 0 aliphatic carbocycles. The summed E-state index contributed by atoms with van der Waals surface area (Å²) < 4.78 is 10.4. The number of carbonyl (C=O) groups is 1. The Labute approximate surface area is 114 Å². The van der Waals surface area contributed by atoms with Gasteiger partial charge in [0.25, 0.3) is 0 Å². The topological polar surface area (TPSA) is 64.8 Å². The minimum Gasteiger partial charge on any atom is -0.492 e. The van der Waals surface area contributed by atoms with Gasteiger partial charge in [0.15, 0.2) is 0 Å². The average Bonchev–Trinajstić information content (AvgIpc) is 2.40. The summed E-state index contributed by atoms with van der Waals surface area (Å²) in [5, 5.41) is 0. The van der Waals surface area contributed by atoms with Gasteiger partial charge in [-0.2, -0.15) is 0 Å². The third-order valence-corrected chi connectivity index (χ3v) is 2.76. The highest BCUT2D eigenvalue weighted by Gasteiger charge is 2.17. The van der Waals surface area contributed by atoms with Crippen LogP contribution >= 0.6 is 0 Å². The van der Waals surface area contributed by atoms with Crippen LogP contribution in [0.25, 0.3) is 0 Å². The summed E-state index contributed by atoms with van der Waals surface area (Å²) in [6, 6.07) is 7.17. The Morgan fingerprint density at radius 1 is 1.37 bits per heavy atom. The Morgan fingerprint density at radius 2 is 2.00 bits per heavy atom. The highest BCUT2D eigenvalue weighted by atomic mass is 16.5. The first-order chi connectivity index (χ1) is 9.04. The molecule has 5 heteroatoms. The number of carbonyl (C=O) groups excluding carboxylic acids is 1. The smallest absolute Gasteiger partial charge is 0.241 e. The van der Waals surface area contributed by atoms with Crippen molar-refractivity contribution in [3.05, 3.63) is 29.8 Å². The molecule has 0 aliphatic heterocycles. The fourth-order valence-electron chi connectivity index (χ4n) is 1.58. The van der Waals surface area contributed by atoms with Gasteiger partial charge >= 0.3 is 0 Å². The monoisotopic (exact) mass is 266 g/mol. The second kappa shape index (κ2) is 7.76. The van der Waals surface area contributed by atoms with Crippen LogP contribution in [0.2, 0.25) is 0 Å². The van der Waals surface area contributed by atoms with Crippen LogP contribution in [0.15, 0.2) is 24.3 Å². The molecule has 0 radical (unpaired) electrons.